The van der Waals surface area contributed by atoms with E-state index in [2.05, 4.69) is 160 Å². The molecule has 0 aliphatic carbocycles. The number of unbranched alkanes of at least 4 members (excludes halogenated alkanes) is 1. The van der Waals surface area contributed by atoms with Gasteiger partial charge in [0, 0.05) is 21.8 Å². The molecule has 3 aromatic rings. The molecule has 0 aromatic heterocycles. The maximum atomic E-state index is 13.9. The number of methoxy groups -OCH3 is 1. The zero-order valence-corrected chi connectivity index (χ0v) is 45.4. The number of benzene rings is 3. The largest absolute Gasteiger partial charge is 0.467 e. The highest BCUT2D eigenvalue weighted by Crippen LogP contribution is 2.42. The van der Waals surface area contributed by atoms with Gasteiger partial charge < -0.3 is 32.5 Å². The summed E-state index contributed by atoms with van der Waals surface area (Å²) in [5.41, 5.74) is 2.57. The van der Waals surface area contributed by atoms with E-state index in [1.165, 1.54) is 10.4 Å². The second kappa shape index (κ2) is 23.2. The Morgan fingerprint density at radius 2 is 1.45 bits per heavy atom. The highest BCUT2D eigenvalue weighted by Gasteiger charge is 2.50. The molecule has 1 aliphatic heterocycles. The van der Waals surface area contributed by atoms with Gasteiger partial charge in [-0.25, -0.2) is 4.79 Å². The molecule has 0 radical (unpaired) electrons. The predicted molar refractivity (Wildman–Crippen MR) is 272 cm³/mol. The Balaban J connectivity index is 1.62. The van der Waals surface area contributed by atoms with E-state index in [0.29, 0.717) is 37.4 Å². The van der Waals surface area contributed by atoms with Crippen molar-refractivity contribution in [3.63, 3.8) is 0 Å². The average Bonchev–Trinajstić information content (AvgIpc) is 3.52. The van der Waals surface area contributed by atoms with Gasteiger partial charge in [0.2, 0.25) is 0 Å². The van der Waals surface area contributed by atoms with Crippen LogP contribution in [0.2, 0.25) is 48.9 Å². The van der Waals surface area contributed by atoms with Crippen molar-refractivity contribution in [3.05, 3.63) is 102 Å². The summed E-state index contributed by atoms with van der Waals surface area (Å²) in [6.07, 6.45) is 9.41. The standard InChI is InChI=1S/C53H84O8Si3/c1-16-17-27-41-38-42(48(47(39-41)57-40-55-10)50(54)56-36-37-62(11,12)13)28-26-34-45-49(60-53(8,9)59-45)46(61-63(14,15)51(2,3)4)33-24-25-35-58-64(52(5,6)7,43-29-20-18-21-30-43)44-31-22-19-23-32-44/h18-24,29-33,38-39,45-46,49H,16-17,25-28,34-37,40H2,1-15H3/b33-24-/t45-,46?,49+/m1/s1. The third kappa shape index (κ3) is 14.8. The lowest BCUT2D eigenvalue weighted by atomic mass is 9.94. The molecule has 3 atom stereocenters. The molecule has 11 heteroatoms. The molecule has 1 aliphatic rings. The van der Waals surface area contributed by atoms with Crippen molar-refractivity contribution in [2.45, 2.75) is 180 Å². The van der Waals surface area contributed by atoms with Crippen LogP contribution >= 0.6 is 0 Å². The Bertz CT molecular complexity index is 1870. The van der Waals surface area contributed by atoms with Gasteiger partial charge >= 0.3 is 5.97 Å². The minimum Gasteiger partial charge on any atom is -0.467 e. The maximum absolute atomic E-state index is 13.9. The number of esters is 1. The number of carbonyl (C=O) groups is 1. The van der Waals surface area contributed by atoms with E-state index in [4.69, 9.17) is 32.5 Å². The zero-order chi connectivity index (χ0) is 47.4. The molecule has 3 aromatic carbocycles. The van der Waals surface area contributed by atoms with Crippen LogP contribution in [0.3, 0.4) is 0 Å². The second-order valence-electron chi connectivity index (χ2n) is 21.8. The van der Waals surface area contributed by atoms with E-state index in [1.807, 2.05) is 19.9 Å². The Labute approximate surface area is 391 Å². The maximum Gasteiger partial charge on any atom is 0.342 e. The van der Waals surface area contributed by atoms with E-state index in [9.17, 15) is 4.79 Å². The van der Waals surface area contributed by atoms with Crippen molar-refractivity contribution >= 4 is 41.1 Å². The number of hydrogen-bond donors (Lipinski definition) is 0. The van der Waals surface area contributed by atoms with Crippen molar-refractivity contribution in [1.29, 1.82) is 0 Å². The van der Waals surface area contributed by atoms with Gasteiger partial charge in [-0.15, -0.1) is 0 Å². The minimum absolute atomic E-state index is 0.0125. The number of ether oxygens (including phenoxy) is 5. The van der Waals surface area contributed by atoms with Crippen LogP contribution in [-0.2, 0) is 40.6 Å². The third-order valence-electron chi connectivity index (χ3n) is 12.7. The van der Waals surface area contributed by atoms with Crippen LogP contribution in [0.4, 0.5) is 0 Å². The summed E-state index contributed by atoms with van der Waals surface area (Å²) in [6, 6.07) is 26.7. The number of carbonyl (C=O) groups excluding carboxylic acids is 1. The Morgan fingerprint density at radius 1 is 0.828 bits per heavy atom. The molecule has 64 heavy (non-hydrogen) atoms. The van der Waals surface area contributed by atoms with Crippen molar-refractivity contribution in [2.24, 2.45) is 0 Å². The monoisotopic (exact) mass is 933 g/mol. The molecule has 4 rings (SSSR count). The summed E-state index contributed by atoms with van der Waals surface area (Å²) < 4.78 is 45.4. The average molecular weight is 934 g/mol. The fraction of sp³-hybridized carbons (Fsp3) is 0.604. The minimum atomic E-state index is -2.68. The van der Waals surface area contributed by atoms with Crippen LogP contribution in [0.15, 0.2) is 84.9 Å². The SMILES string of the molecule is CCCCc1cc(CCC[C@H]2OC(C)(C)O[C@@H]2C(/C=C\CCO[Si](c2ccccc2)(c2ccccc2)C(C)(C)C)O[Si](C)(C)C(C)(C)C)c(C(=O)OCC[Si](C)(C)C)c(OCOC)c1. The van der Waals surface area contributed by atoms with Crippen LogP contribution in [0.25, 0.3) is 0 Å². The molecule has 1 unspecified atom stereocenters. The van der Waals surface area contributed by atoms with E-state index in [1.54, 1.807) is 7.11 Å². The quantitative estimate of drug-likeness (QED) is 0.0289. The van der Waals surface area contributed by atoms with Gasteiger partial charge in [-0.05, 0) is 109 Å². The van der Waals surface area contributed by atoms with E-state index in [-0.39, 0.29) is 41.2 Å². The molecule has 0 bridgehead atoms. The Hall–Kier alpha value is -2.88. The van der Waals surface area contributed by atoms with Gasteiger partial charge in [0.05, 0.1) is 18.8 Å². The topological polar surface area (TPSA) is 81.7 Å². The Morgan fingerprint density at radius 3 is 2.00 bits per heavy atom. The van der Waals surface area contributed by atoms with Gasteiger partial charge in [0.25, 0.3) is 8.32 Å². The summed E-state index contributed by atoms with van der Waals surface area (Å²) in [6.45, 7) is 32.4. The third-order valence-corrected chi connectivity index (χ3v) is 24.0. The first kappa shape index (κ1) is 53.7. The van der Waals surface area contributed by atoms with Crippen LogP contribution in [0.5, 0.6) is 5.75 Å². The molecular formula is C53H84O8Si3. The lowest BCUT2D eigenvalue weighted by Crippen LogP contribution is -2.66. The summed E-state index contributed by atoms with van der Waals surface area (Å²) in [7, 11) is -4.77. The van der Waals surface area contributed by atoms with Gasteiger partial charge in [0.1, 0.15) is 17.4 Å². The van der Waals surface area contributed by atoms with Crippen molar-refractivity contribution in [1.82, 2.24) is 0 Å². The van der Waals surface area contributed by atoms with E-state index < -0.39 is 30.5 Å². The summed E-state index contributed by atoms with van der Waals surface area (Å²) in [5, 5.41) is 2.43. The molecule has 1 saturated heterocycles. The van der Waals surface area contributed by atoms with Gasteiger partial charge in [-0.1, -0.05) is 153 Å². The lowest BCUT2D eigenvalue weighted by molar-refractivity contribution is -0.152. The Kier molecular flexibility index (Phi) is 19.5. The van der Waals surface area contributed by atoms with Crippen LogP contribution in [0, 0.1) is 0 Å². The van der Waals surface area contributed by atoms with Crippen LogP contribution in [-0.4, -0.2) is 81.9 Å². The molecule has 1 fully saturated rings. The number of hydrogen-bond acceptors (Lipinski definition) is 8. The fourth-order valence-electron chi connectivity index (χ4n) is 8.31. The summed E-state index contributed by atoms with van der Waals surface area (Å²) in [4.78, 5) is 13.9. The fourth-order valence-corrected chi connectivity index (χ4v) is 14.9. The molecular weight excluding hydrogens is 849 g/mol. The van der Waals surface area contributed by atoms with Crippen molar-refractivity contribution in [3.8, 4) is 5.75 Å². The first-order valence-electron chi connectivity index (χ1n) is 23.8. The highest BCUT2D eigenvalue weighted by atomic mass is 28.4. The molecule has 0 saturated carbocycles. The molecule has 356 valence electrons. The zero-order valence-electron chi connectivity index (χ0n) is 42.4. The number of rotatable bonds is 24. The summed E-state index contributed by atoms with van der Waals surface area (Å²) in [5.74, 6) is -0.612. The molecule has 1 heterocycles. The molecule has 8 nitrogen and oxygen atoms in total. The van der Waals surface area contributed by atoms with Gasteiger partial charge in [-0.3, -0.25) is 0 Å². The molecule has 0 amide bonds. The van der Waals surface area contributed by atoms with Crippen LogP contribution in [0.1, 0.15) is 116 Å². The van der Waals surface area contributed by atoms with Crippen LogP contribution < -0.4 is 15.1 Å². The van der Waals surface area contributed by atoms with E-state index >= 15 is 0 Å². The first-order valence-corrected chi connectivity index (χ1v) is 32.4. The normalized spacial score (nSPS) is 17.8. The lowest BCUT2D eigenvalue weighted by Gasteiger charge is -2.43. The van der Waals surface area contributed by atoms with E-state index in [0.717, 1.165) is 49.3 Å². The van der Waals surface area contributed by atoms with Crippen molar-refractivity contribution in [2.75, 3.05) is 27.1 Å². The van der Waals surface area contributed by atoms with Gasteiger partial charge in [-0.2, -0.15) is 0 Å². The first-order chi connectivity index (χ1) is 29.9. The smallest absolute Gasteiger partial charge is 0.342 e. The highest BCUT2D eigenvalue weighted by molar-refractivity contribution is 6.99. The number of aryl methyl sites for hydroxylation is 2. The second-order valence-corrected chi connectivity index (χ2v) is 36.5. The summed E-state index contributed by atoms with van der Waals surface area (Å²) >= 11 is 0. The van der Waals surface area contributed by atoms with Crippen molar-refractivity contribution < 1.29 is 37.3 Å². The molecule has 0 N–H and O–H groups in total. The molecule has 0 spiro atoms. The van der Waals surface area contributed by atoms with Gasteiger partial charge in [0.15, 0.2) is 20.9 Å². The predicted octanol–water partition coefficient (Wildman–Crippen LogP) is 12.3.